The number of benzene rings is 1. The third-order valence-electron chi connectivity index (χ3n) is 2.48. The molecule has 0 fully saturated rings. The summed E-state index contributed by atoms with van der Waals surface area (Å²) in [5.74, 6) is -1.08. The summed E-state index contributed by atoms with van der Waals surface area (Å²) in [5.41, 5.74) is 0.617. The fraction of sp³-hybridized carbons (Fsp3) is 0. The van der Waals surface area contributed by atoms with Crippen molar-refractivity contribution in [2.24, 2.45) is 0 Å². The van der Waals surface area contributed by atoms with Crippen molar-refractivity contribution in [2.75, 3.05) is 0 Å². The highest BCUT2D eigenvalue weighted by atomic mass is 35.5. The van der Waals surface area contributed by atoms with Gasteiger partial charge in [0.25, 0.3) is 5.69 Å². The summed E-state index contributed by atoms with van der Waals surface area (Å²) in [4.78, 5) is 21.8. The molecule has 102 valence electrons. The molecule has 1 aromatic heterocycles. The van der Waals surface area contributed by atoms with Crippen LogP contribution in [0.25, 0.3) is 11.6 Å². The van der Waals surface area contributed by atoms with Crippen LogP contribution in [0.4, 0.5) is 5.69 Å². The van der Waals surface area contributed by atoms with Crippen molar-refractivity contribution in [3.63, 3.8) is 0 Å². The number of carbonyl (C=O) groups is 1. The fourth-order valence-corrected chi connectivity index (χ4v) is 2.61. The predicted octanol–water partition coefficient (Wildman–Crippen LogP) is 3.93. The molecule has 5 nitrogen and oxygen atoms in total. The number of hydrogen-bond acceptors (Lipinski definition) is 4. The SMILES string of the molecule is O=C(O)/C(=C\c1ccc([N+](=O)[O-])cc1)c1ccc(Cl)s1. The molecule has 0 amide bonds. The molecule has 0 unspecified atom stereocenters. The van der Waals surface area contributed by atoms with Crippen molar-refractivity contribution in [3.05, 3.63) is 61.3 Å². The second-order valence-electron chi connectivity index (χ2n) is 3.82. The minimum absolute atomic E-state index is 0.0433. The molecule has 1 N–H and O–H groups in total. The monoisotopic (exact) mass is 309 g/mol. The highest BCUT2D eigenvalue weighted by Crippen LogP contribution is 2.29. The molecule has 0 spiro atoms. The van der Waals surface area contributed by atoms with Crippen LogP contribution in [0.2, 0.25) is 4.34 Å². The normalized spacial score (nSPS) is 11.3. The maximum Gasteiger partial charge on any atom is 0.337 e. The summed E-state index contributed by atoms with van der Waals surface area (Å²) in [7, 11) is 0. The van der Waals surface area contributed by atoms with E-state index in [1.54, 1.807) is 12.1 Å². The van der Waals surface area contributed by atoms with Crippen LogP contribution in [-0.2, 0) is 4.79 Å². The van der Waals surface area contributed by atoms with Crippen molar-refractivity contribution < 1.29 is 14.8 Å². The first-order valence-corrected chi connectivity index (χ1v) is 6.62. The van der Waals surface area contributed by atoms with E-state index in [1.165, 1.54) is 30.3 Å². The number of carboxylic acids is 1. The van der Waals surface area contributed by atoms with Crippen LogP contribution in [0.5, 0.6) is 0 Å². The molecule has 1 aromatic carbocycles. The molecule has 0 saturated carbocycles. The number of halogens is 1. The molecule has 7 heteroatoms. The van der Waals surface area contributed by atoms with Gasteiger partial charge in [0.1, 0.15) is 0 Å². The first kappa shape index (κ1) is 14.2. The van der Waals surface area contributed by atoms with Crippen molar-refractivity contribution >= 4 is 46.2 Å². The Labute approximate surface area is 122 Å². The smallest absolute Gasteiger partial charge is 0.337 e. The first-order chi connectivity index (χ1) is 9.47. The van der Waals surface area contributed by atoms with Gasteiger partial charge in [-0.05, 0) is 35.9 Å². The van der Waals surface area contributed by atoms with E-state index < -0.39 is 10.9 Å². The fourth-order valence-electron chi connectivity index (χ4n) is 1.56. The van der Waals surface area contributed by atoms with Gasteiger partial charge in [-0.2, -0.15) is 0 Å². The van der Waals surface area contributed by atoms with Gasteiger partial charge in [0.05, 0.1) is 14.8 Å². The maximum absolute atomic E-state index is 11.3. The third-order valence-corrected chi connectivity index (χ3v) is 3.75. The zero-order valence-corrected chi connectivity index (χ0v) is 11.5. The van der Waals surface area contributed by atoms with E-state index in [1.807, 2.05) is 0 Å². The van der Waals surface area contributed by atoms with Crippen LogP contribution in [0.1, 0.15) is 10.4 Å². The first-order valence-electron chi connectivity index (χ1n) is 5.42. The molecule has 2 rings (SSSR count). The van der Waals surface area contributed by atoms with Crippen LogP contribution in [0.3, 0.4) is 0 Å². The molecule has 0 radical (unpaired) electrons. The third kappa shape index (κ3) is 3.23. The lowest BCUT2D eigenvalue weighted by Crippen LogP contribution is -1.97. The lowest BCUT2D eigenvalue weighted by atomic mass is 10.1. The van der Waals surface area contributed by atoms with Crippen LogP contribution in [-0.4, -0.2) is 16.0 Å². The Bertz CT molecular complexity index is 691. The zero-order valence-electron chi connectivity index (χ0n) is 9.95. The van der Waals surface area contributed by atoms with E-state index in [9.17, 15) is 20.0 Å². The molecular formula is C13H8ClNO4S. The summed E-state index contributed by atoms with van der Waals surface area (Å²) in [6, 6.07) is 8.89. The number of rotatable bonds is 4. The Morgan fingerprint density at radius 3 is 2.35 bits per heavy atom. The maximum atomic E-state index is 11.3. The van der Waals surface area contributed by atoms with E-state index >= 15 is 0 Å². The Hall–Kier alpha value is -2.18. The molecule has 20 heavy (non-hydrogen) atoms. The largest absolute Gasteiger partial charge is 0.478 e. The van der Waals surface area contributed by atoms with Crippen molar-refractivity contribution in [3.8, 4) is 0 Å². The number of non-ortho nitro benzene ring substituents is 1. The Morgan fingerprint density at radius 2 is 1.90 bits per heavy atom. The van der Waals surface area contributed by atoms with Crippen LogP contribution < -0.4 is 0 Å². The summed E-state index contributed by atoms with van der Waals surface area (Å²) in [6.07, 6.45) is 1.45. The van der Waals surface area contributed by atoms with Gasteiger partial charge in [0.2, 0.25) is 0 Å². The number of nitrogens with zero attached hydrogens (tertiary/aromatic N) is 1. The Morgan fingerprint density at radius 1 is 1.25 bits per heavy atom. The highest BCUT2D eigenvalue weighted by molar-refractivity contribution is 7.17. The minimum atomic E-state index is -1.08. The van der Waals surface area contributed by atoms with Gasteiger partial charge in [0.15, 0.2) is 0 Å². The van der Waals surface area contributed by atoms with E-state index in [0.717, 1.165) is 11.3 Å². The van der Waals surface area contributed by atoms with Gasteiger partial charge in [-0.15, -0.1) is 11.3 Å². The lowest BCUT2D eigenvalue weighted by molar-refractivity contribution is -0.384. The molecule has 2 aromatic rings. The minimum Gasteiger partial charge on any atom is -0.478 e. The quantitative estimate of drug-likeness (QED) is 0.527. The van der Waals surface area contributed by atoms with Gasteiger partial charge >= 0.3 is 5.97 Å². The number of thiophene rings is 1. The highest BCUT2D eigenvalue weighted by Gasteiger charge is 2.13. The number of nitro benzene ring substituents is 1. The predicted molar refractivity (Wildman–Crippen MR) is 77.9 cm³/mol. The molecule has 0 saturated heterocycles. The number of hydrogen-bond donors (Lipinski definition) is 1. The Balaban J connectivity index is 2.39. The summed E-state index contributed by atoms with van der Waals surface area (Å²) in [5, 5.41) is 19.8. The molecule has 0 aliphatic heterocycles. The van der Waals surface area contributed by atoms with Crippen molar-refractivity contribution in [1.82, 2.24) is 0 Å². The summed E-state index contributed by atoms with van der Waals surface area (Å²) < 4.78 is 0.496. The molecule has 0 aliphatic carbocycles. The van der Waals surface area contributed by atoms with Crippen molar-refractivity contribution in [1.29, 1.82) is 0 Å². The molecule has 0 bridgehead atoms. The van der Waals surface area contributed by atoms with E-state index in [2.05, 4.69) is 0 Å². The van der Waals surface area contributed by atoms with Gasteiger partial charge in [0, 0.05) is 17.0 Å². The van der Waals surface area contributed by atoms with Gasteiger partial charge in [-0.3, -0.25) is 10.1 Å². The average molecular weight is 310 g/mol. The van der Waals surface area contributed by atoms with Gasteiger partial charge < -0.3 is 5.11 Å². The summed E-state index contributed by atoms with van der Waals surface area (Å²) in [6.45, 7) is 0. The van der Waals surface area contributed by atoms with E-state index in [0.29, 0.717) is 14.8 Å². The molecule has 0 atom stereocenters. The topological polar surface area (TPSA) is 80.4 Å². The van der Waals surface area contributed by atoms with Crippen LogP contribution in [0, 0.1) is 10.1 Å². The number of carboxylic acid groups (broad SMARTS) is 1. The summed E-state index contributed by atoms with van der Waals surface area (Å²) >= 11 is 6.95. The van der Waals surface area contributed by atoms with E-state index in [-0.39, 0.29) is 11.3 Å². The molecule has 1 heterocycles. The second kappa shape index (κ2) is 5.85. The molecular weight excluding hydrogens is 302 g/mol. The zero-order chi connectivity index (χ0) is 14.7. The standard InChI is InChI=1S/C13H8ClNO4S/c14-12-6-5-11(20-12)10(13(16)17)7-8-1-3-9(4-2-8)15(18)19/h1-7H,(H,16,17)/b10-7-. The second-order valence-corrected chi connectivity index (χ2v) is 5.53. The van der Waals surface area contributed by atoms with Crippen LogP contribution in [0.15, 0.2) is 36.4 Å². The van der Waals surface area contributed by atoms with Crippen LogP contribution >= 0.6 is 22.9 Å². The Kier molecular flexibility index (Phi) is 4.16. The number of nitro groups is 1. The van der Waals surface area contributed by atoms with Gasteiger partial charge in [-0.25, -0.2) is 4.79 Å². The number of aliphatic carboxylic acids is 1. The van der Waals surface area contributed by atoms with Gasteiger partial charge in [-0.1, -0.05) is 11.6 Å². The lowest BCUT2D eigenvalue weighted by Gasteiger charge is -2.00. The average Bonchev–Trinajstić information content (AvgIpc) is 2.82. The van der Waals surface area contributed by atoms with Crippen molar-refractivity contribution in [2.45, 2.75) is 0 Å². The molecule has 0 aliphatic rings. The van der Waals surface area contributed by atoms with E-state index in [4.69, 9.17) is 11.6 Å².